The Morgan fingerprint density at radius 3 is 2.61 bits per heavy atom. The number of amides is 1. The van der Waals surface area contributed by atoms with Crippen molar-refractivity contribution in [3.8, 4) is 5.75 Å². The number of nitrogens with zero attached hydrogens (tertiary/aromatic N) is 3. The second-order valence-corrected chi connectivity index (χ2v) is 8.07. The van der Waals surface area contributed by atoms with Gasteiger partial charge in [0.05, 0.1) is 11.0 Å². The summed E-state index contributed by atoms with van der Waals surface area (Å²) in [5.74, 6) is 0.365. The van der Waals surface area contributed by atoms with Crippen molar-refractivity contribution in [1.29, 1.82) is 0 Å². The molecule has 1 saturated heterocycles. The summed E-state index contributed by atoms with van der Waals surface area (Å²) in [5.41, 5.74) is 2.69. The highest BCUT2D eigenvalue weighted by Gasteiger charge is 2.24. The van der Waals surface area contributed by atoms with Crippen LogP contribution < -0.4 is 15.0 Å². The number of ether oxygens (including phenoxy) is 1. The molecular formula is C25H26N4O4. The number of hydrogen-bond acceptors (Lipinski definition) is 6. The number of aromatic nitrogens is 1. The van der Waals surface area contributed by atoms with Crippen LogP contribution in [0.25, 0.3) is 0 Å². The van der Waals surface area contributed by atoms with Gasteiger partial charge in [-0.25, -0.2) is 0 Å². The minimum atomic E-state index is -0.419. The van der Waals surface area contributed by atoms with Gasteiger partial charge in [0, 0.05) is 42.7 Å². The topological polar surface area (TPSA) is 97.6 Å². The number of carbonyl (C=O) groups excluding carboxylic acids is 1. The van der Waals surface area contributed by atoms with E-state index in [0.29, 0.717) is 18.0 Å². The van der Waals surface area contributed by atoms with Crippen molar-refractivity contribution >= 4 is 17.3 Å². The van der Waals surface area contributed by atoms with Gasteiger partial charge in [0.25, 0.3) is 11.6 Å². The fraction of sp³-hybridized carbons (Fsp3) is 0.280. The minimum Gasteiger partial charge on any atom is -0.489 e. The van der Waals surface area contributed by atoms with Crippen molar-refractivity contribution < 1.29 is 14.5 Å². The number of nitro groups is 1. The van der Waals surface area contributed by atoms with E-state index in [1.807, 2.05) is 48.2 Å². The van der Waals surface area contributed by atoms with Crippen LogP contribution in [-0.2, 0) is 6.61 Å². The standard InChI is InChI=1S/C25H26N4O4/c1-18(20-6-9-22(10-7-20)33-17-19-5-4-12-26-16-19)27-25(30)21-8-11-23(24(15-21)29(31)32)28-13-2-3-14-28/h4-12,15-16,18H,2-3,13-14,17H2,1H3,(H,27,30). The fourth-order valence-corrected chi connectivity index (χ4v) is 3.90. The van der Waals surface area contributed by atoms with Crippen molar-refractivity contribution in [2.45, 2.75) is 32.4 Å². The predicted octanol–water partition coefficient (Wildman–Crippen LogP) is 4.66. The Balaban J connectivity index is 1.39. The molecule has 170 valence electrons. The first-order chi connectivity index (χ1) is 16.0. The average molecular weight is 447 g/mol. The van der Waals surface area contributed by atoms with Crippen LogP contribution in [0.1, 0.15) is 47.3 Å². The first-order valence-electron chi connectivity index (χ1n) is 11.0. The van der Waals surface area contributed by atoms with Gasteiger partial charge in [0.15, 0.2) is 0 Å². The van der Waals surface area contributed by atoms with Crippen molar-refractivity contribution in [2.75, 3.05) is 18.0 Å². The van der Waals surface area contributed by atoms with Gasteiger partial charge in [-0.2, -0.15) is 0 Å². The summed E-state index contributed by atoms with van der Waals surface area (Å²) in [6, 6.07) is 15.7. The molecule has 1 fully saturated rings. The van der Waals surface area contributed by atoms with E-state index < -0.39 is 4.92 Å². The highest BCUT2D eigenvalue weighted by atomic mass is 16.6. The number of hydrogen-bond donors (Lipinski definition) is 1. The molecule has 0 saturated carbocycles. The largest absolute Gasteiger partial charge is 0.489 e. The zero-order chi connectivity index (χ0) is 23.2. The Morgan fingerprint density at radius 1 is 1.18 bits per heavy atom. The summed E-state index contributed by atoms with van der Waals surface area (Å²) in [6.45, 7) is 3.89. The lowest BCUT2D eigenvalue weighted by Crippen LogP contribution is -2.27. The molecular weight excluding hydrogens is 420 g/mol. The number of pyridine rings is 1. The monoisotopic (exact) mass is 446 g/mol. The SMILES string of the molecule is CC(NC(=O)c1ccc(N2CCCC2)c([N+](=O)[O-])c1)c1ccc(OCc2cccnc2)cc1. The maximum Gasteiger partial charge on any atom is 0.293 e. The highest BCUT2D eigenvalue weighted by molar-refractivity contribution is 5.96. The molecule has 2 heterocycles. The molecule has 1 amide bonds. The van der Waals surface area contributed by atoms with Crippen LogP contribution >= 0.6 is 0 Å². The maximum absolute atomic E-state index is 12.8. The highest BCUT2D eigenvalue weighted by Crippen LogP contribution is 2.32. The van der Waals surface area contributed by atoms with Crippen LogP contribution in [0.15, 0.2) is 67.0 Å². The normalized spacial score (nSPS) is 14.0. The molecule has 2 aromatic carbocycles. The van der Waals surface area contributed by atoms with Gasteiger partial charge >= 0.3 is 0 Å². The lowest BCUT2D eigenvalue weighted by Gasteiger charge is -2.18. The van der Waals surface area contributed by atoms with Gasteiger partial charge in [-0.15, -0.1) is 0 Å². The summed E-state index contributed by atoms with van der Waals surface area (Å²) >= 11 is 0. The van der Waals surface area contributed by atoms with E-state index in [9.17, 15) is 14.9 Å². The molecule has 0 bridgehead atoms. The van der Waals surface area contributed by atoms with Crippen LogP contribution in [0.5, 0.6) is 5.75 Å². The number of anilines is 1. The summed E-state index contributed by atoms with van der Waals surface area (Å²) in [7, 11) is 0. The molecule has 1 aliphatic rings. The second-order valence-electron chi connectivity index (χ2n) is 8.07. The average Bonchev–Trinajstić information content (AvgIpc) is 3.38. The van der Waals surface area contributed by atoms with Crippen LogP contribution in [0.4, 0.5) is 11.4 Å². The number of benzene rings is 2. The van der Waals surface area contributed by atoms with Crippen LogP contribution in [0, 0.1) is 10.1 Å². The first-order valence-corrected chi connectivity index (χ1v) is 11.0. The molecule has 1 unspecified atom stereocenters. The van der Waals surface area contributed by atoms with E-state index in [1.54, 1.807) is 24.5 Å². The number of nitro benzene ring substituents is 1. The van der Waals surface area contributed by atoms with E-state index >= 15 is 0 Å². The van der Waals surface area contributed by atoms with Gasteiger partial charge in [-0.05, 0) is 55.7 Å². The van der Waals surface area contributed by atoms with Crippen LogP contribution in [0.2, 0.25) is 0 Å². The van der Waals surface area contributed by atoms with E-state index in [-0.39, 0.29) is 23.2 Å². The predicted molar refractivity (Wildman–Crippen MR) is 125 cm³/mol. The molecule has 33 heavy (non-hydrogen) atoms. The number of rotatable bonds is 8. The molecule has 0 spiro atoms. The van der Waals surface area contributed by atoms with Crippen LogP contribution in [0.3, 0.4) is 0 Å². The van der Waals surface area contributed by atoms with Crippen LogP contribution in [-0.4, -0.2) is 28.9 Å². The smallest absolute Gasteiger partial charge is 0.293 e. The molecule has 1 aromatic heterocycles. The van der Waals surface area contributed by atoms with Gasteiger partial charge in [0.2, 0.25) is 0 Å². The third-order valence-electron chi connectivity index (χ3n) is 5.74. The zero-order valence-electron chi connectivity index (χ0n) is 18.4. The third-order valence-corrected chi connectivity index (χ3v) is 5.74. The molecule has 1 aliphatic heterocycles. The van der Waals surface area contributed by atoms with Crippen molar-refractivity contribution in [3.05, 3.63) is 93.8 Å². The molecule has 0 aliphatic carbocycles. The lowest BCUT2D eigenvalue weighted by molar-refractivity contribution is -0.384. The number of nitrogens with one attached hydrogen (secondary N) is 1. The van der Waals surface area contributed by atoms with Gasteiger partial charge < -0.3 is 15.0 Å². The van der Waals surface area contributed by atoms with Crippen molar-refractivity contribution in [2.24, 2.45) is 0 Å². The Labute approximate surface area is 192 Å². The van der Waals surface area contributed by atoms with E-state index in [1.165, 1.54) is 6.07 Å². The molecule has 4 rings (SSSR count). The Hall–Kier alpha value is -3.94. The fourth-order valence-electron chi connectivity index (χ4n) is 3.90. The van der Waals surface area contributed by atoms with Gasteiger partial charge in [0.1, 0.15) is 18.0 Å². The molecule has 8 nitrogen and oxygen atoms in total. The van der Waals surface area contributed by atoms with Crippen molar-refractivity contribution in [3.63, 3.8) is 0 Å². The minimum absolute atomic E-state index is 0.0349. The first kappa shape index (κ1) is 22.3. The molecule has 1 N–H and O–H groups in total. The second kappa shape index (κ2) is 10.1. The summed E-state index contributed by atoms with van der Waals surface area (Å²) < 4.78 is 5.77. The molecule has 1 atom stereocenters. The van der Waals surface area contributed by atoms with Gasteiger partial charge in [-0.3, -0.25) is 19.9 Å². The van der Waals surface area contributed by atoms with E-state index in [2.05, 4.69) is 10.3 Å². The summed E-state index contributed by atoms with van der Waals surface area (Å²) in [5, 5.41) is 14.5. The van der Waals surface area contributed by atoms with Crippen molar-refractivity contribution in [1.82, 2.24) is 10.3 Å². The third kappa shape index (κ3) is 5.46. The summed E-state index contributed by atoms with van der Waals surface area (Å²) in [4.78, 5) is 30.0. The lowest BCUT2D eigenvalue weighted by atomic mass is 10.1. The quantitative estimate of drug-likeness (QED) is 0.399. The maximum atomic E-state index is 12.8. The van der Waals surface area contributed by atoms with E-state index in [4.69, 9.17) is 4.74 Å². The molecule has 0 radical (unpaired) electrons. The number of carbonyl (C=O) groups is 1. The Morgan fingerprint density at radius 2 is 1.94 bits per heavy atom. The zero-order valence-corrected chi connectivity index (χ0v) is 18.4. The Bertz CT molecular complexity index is 1110. The Kier molecular flexibility index (Phi) is 6.83. The molecule has 3 aromatic rings. The van der Waals surface area contributed by atoms with E-state index in [0.717, 1.165) is 37.1 Å². The van der Waals surface area contributed by atoms with Gasteiger partial charge in [-0.1, -0.05) is 18.2 Å². The molecule has 8 heteroatoms. The summed E-state index contributed by atoms with van der Waals surface area (Å²) in [6.07, 6.45) is 5.51.